The molecule has 0 aliphatic carbocycles. The fourth-order valence-electron chi connectivity index (χ4n) is 2.78. The molecule has 118 valence electrons. The van der Waals surface area contributed by atoms with E-state index in [4.69, 9.17) is 0 Å². The molecule has 0 bridgehead atoms. The quantitative estimate of drug-likeness (QED) is 0.796. The van der Waals surface area contributed by atoms with Crippen molar-refractivity contribution in [2.45, 2.75) is 33.6 Å². The van der Waals surface area contributed by atoms with Gasteiger partial charge in [-0.2, -0.15) is 0 Å². The summed E-state index contributed by atoms with van der Waals surface area (Å²) in [5, 5.41) is 3.01. The van der Waals surface area contributed by atoms with Gasteiger partial charge in [-0.25, -0.2) is 4.98 Å². The number of benzene rings is 1. The number of carbonyl (C=O) groups is 1. The van der Waals surface area contributed by atoms with E-state index in [0.29, 0.717) is 12.8 Å². The molecule has 2 aromatic heterocycles. The fraction of sp³-hybridized carbons (Fsp3) is 0.263. The number of nitrogens with zero attached hydrogens (tertiary/aromatic N) is 2. The summed E-state index contributed by atoms with van der Waals surface area (Å²) < 4.78 is 2.06. The van der Waals surface area contributed by atoms with Crippen molar-refractivity contribution in [1.82, 2.24) is 9.38 Å². The second-order valence-electron chi connectivity index (χ2n) is 5.94. The van der Waals surface area contributed by atoms with Crippen LogP contribution in [0.1, 0.15) is 28.9 Å². The molecule has 23 heavy (non-hydrogen) atoms. The van der Waals surface area contributed by atoms with Crippen LogP contribution in [-0.2, 0) is 11.2 Å². The van der Waals surface area contributed by atoms with Crippen LogP contribution in [0.25, 0.3) is 5.65 Å². The summed E-state index contributed by atoms with van der Waals surface area (Å²) in [7, 11) is 0. The minimum atomic E-state index is 0.0315. The summed E-state index contributed by atoms with van der Waals surface area (Å²) in [5.74, 6) is 0.0315. The monoisotopic (exact) mass is 307 g/mol. The Hall–Kier alpha value is -2.62. The molecule has 3 aromatic rings. The molecule has 1 N–H and O–H groups in total. The number of rotatable bonds is 4. The first kappa shape index (κ1) is 15.3. The van der Waals surface area contributed by atoms with Gasteiger partial charge < -0.3 is 9.72 Å². The van der Waals surface area contributed by atoms with Gasteiger partial charge in [0.2, 0.25) is 5.91 Å². The van der Waals surface area contributed by atoms with Gasteiger partial charge >= 0.3 is 0 Å². The molecule has 2 heterocycles. The Morgan fingerprint density at radius 2 is 2.00 bits per heavy atom. The van der Waals surface area contributed by atoms with Crippen LogP contribution in [0.3, 0.4) is 0 Å². The Bertz CT molecular complexity index is 864. The predicted octanol–water partition coefficient (Wildman–Crippen LogP) is 3.83. The Balaban J connectivity index is 1.71. The highest BCUT2D eigenvalue weighted by Crippen LogP contribution is 2.18. The van der Waals surface area contributed by atoms with Crippen molar-refractivity contribution in [2.75, 3.05) is 5.32 Å². The molecule has 0 saturated carbocycles. The maximum absolute atomic E-state index is 12.3. The average Bonchev–Trinajstić information content (AvgIpc) is 2.84. The number of aromatic nitrogens is 2. The zero-order valence-electron chi connectivity index (χ0n) is 13.8. The lowest BCUT2D eigenvalue weighted by Gasteiger charge is -2.09. The molecule has 1 aromatic carbocycles. The van der Waals surface area contributed by atoms with E-state index in [0.717, 1.165) is 33.8 Å². The highest BCUT2D eigenvalue weighted by molar-refractivity contribution is 5.91. The van der Waals surface area contributed by atoms with Crippen molar-refractivity contribution in [2.24, 2.45) is 0 Å². The molecule has 0 radical (unpaired) electrons. The lowest BCUT2D eigenvalue weighted by atomic mass is 10.1. The van der Waals surface area contributed by atoms with Crippen molar-refractivity contribution < 1.29 is 4.79 Å². The number of nitrogens with one attached hydrogen (secondary N) is 1. The minimum absolute atomic E-state index is 0.0315. The fourth-order valence-corrected chi connectivity index (χ4v) is 2.78. The molecule has 4 heteroatoms. The normalized spacial score (nSPS) is 10.9. The van der Waals surface area contributed by atoms with Crippen LogP contribution in [0.15, 0.2) is 42.6 Å². The molecule has 0 spiro atoms. The van der Waals surface area contributed by atoms with E-state index in [-0.39, 0.29) is 5.91 Å². The Morgan fingerprint density at radius 3 is 2.83 bits per heavy atom. The van der Waals surface area contributed by atoms with Gasteiger partial charge in [-0.3, -0.25) is 4.79 Å². The summed E-state index contributed by atoms with van der Waals surface area (Å²) in [4.78, 5) is 16.8. The molecule has 4 nitrogen and oxygen atoms in total. The summed E-state index contributed by atoms with van der Waals surface area (Å²) in [6.07, 6.45) is 3.11. The van der Waals surface area contributed by atoms with Gasteiger partial charge in [0.25, 0.3) is 0 Å². The third-order valence-corrected chi connectivity index (χ3v) is 4.09. The second-order valence-corrected chi connectivity index (χ2v) is 5.94. The lowest BCUT2D eigenvalue weighted by Crippen LogP contribution is -2.14. The lowest BCUT2D eigenvalue weighted by molar-refractivity contribution is -0.116. The topological polar surface area (TPSA) is 46.4 Å². The highest BCUT2D eigenvalue weighted by atomic mass is 16.1. The second kappa shape index (κ2) is 6.24. The van der Waals surface area contributed by atoms with Gasteiger partial charge in [0.1, 0.15) is 5.65 Å². The Morgan fingerprint density at radius 1 is 1.17 bits per heavy atom. The van der Waals surface area contributed by atoms with E-state index in [1.165, 1.54) is 0 Å². The summed E-state index contributed by atoms with van der Waals surface area (Å²) in [5.41, 5.74) is 6.12. The number of hydrogen-bond donors (Lipinski definition) is 1. The molecule has 0 fully saturated rings. The van der Waals surface area contributed by atoms with Crippen molar-refractivity contribution in [3.05, 3.63) is 65.1 Å². The zero-order chi connectivity index (χ0) is 16.4. The standard InChI is InChI=1S/C19H21N3O/c1-13-7-8-14(2)16(12-13)21-19(23)10-9-17-15(3)20-18-6-4-5-11-22(17)18/h4-8,11-12H,9-10H2,1-3H3,(H,21,23). The molecular formula is C19H21N3O. The van der Waals surface area contributed by atoms with Crippen molar-refractivity contribution in [3.8, 4) is 0 Å². The first-order valence-corrected chi connectivity index (χ1v) is 7.84. The van der Waals surface area contributed by atoms with Gasteiger partial charge in [-0.05, 0) is 56.5 Å². The van der Waals surface area contributed by atoms with Crippen LogP contribution in [-0.4, -0.2) is 15.3 Å². The van der Waals surface area contributed by atoms with E-state index in [9.17, 15) is 4.79 Å². The first-order chi connectivity index (χ1) is 11.0. The van der Waals surface area contributed by atoms with E-state index in [1.54, 1.807) is 0 Å². The van der Waals surface area contributed by atoms with Crippen LogP contribution in [0.5, 0.6) is 0 Å². The Labute approximate surface area is 136 Å². The van der Waals surface area contributed by atoms with Crippen LogP contribution in [0, 0.1) is 20.8 Å². The van der Waals surface area contributed by atoms with Crippen molar-refractivity contribution in [1.29, 1.82) is 0 Å². The number of fused-ring (bicyclic) bond motifs is 1. The van der Waals surface area contributed by atoms with Gasteiger partial charge in [-0.1, -0.05) is 18.2 Å². The van der Waals surface area contributed by atoms with Crippen LogP contribution >= 0.6 is 0 Å². The van der Waals surface area contributed by atoms with Gasteiger partial charge in [0.15, 0.2) is 0 Å². The minimum Gasteiger partial charge on any atom is -0.326 e. The molecular weight excluding hydrogens is 286 g/mol. The molecule has 0 unspecified atom stereocenters. The number of pyridine rings is 1. The van der Waals surface area contributed by atoms with Crippen molar-refractivity contribution in [3.63, 3.8) is 0 Å². The number of anilines is 1. The first-order valence-electron chi connectivity index (χ1n) is 7.84. The van der Waals surface area contributed by atoms with Crippen LogP contribution < -0.4 is 5.32 Å². The van der Waals surface area contributed by atoms with Gasteiger partial charge in [0.05, 0.1) is 5.69 Å². The summed E-state index contributed by atoms with van der Waals surface area (Å²) >= 11 is 0. The van der Waals surface area contributed by atoms with Gasteiger partial charge in [0, 0.05) is 24.0 Å². The number of carbonyl (C=O) groups excluding carboxylic acids is 1. The third-order valence-electron chi connectivity index (χ3n) is 4.09. The molecule has 0 aliphatic rings. The van der Waals surface area contributed by atoms with E-state index in [2.05, 4.69) is 14.7 Å². The van der Waals surface area contributed by atoms with Crippen molar-refractivity contribution >= 4 is 17.2 Å². The largest absolute Gasteiger partial charge is 0.326 e. The Kier molecular flexibility index (Phi) is 4.15. The maximum atomic E-state index is 12.3. The maximum Gasteiger partial charge on any atom is 0.224 e. The zero-order valence-corrected chi connectivity index (χ0v) is 13.8. The van der Waals surface area contributed by atoms with E-state index in [1.807, 2.05) is 63.4 Å². The van der Waals surface area contributed by atoms with Crippen LogP contribution in [0.4, 0.5) is 5.69 Å². The average molecular weight is 307 g/mol. The summed E-state index contributed by atoms with van der Waals surface area (Å²) in [6, 6.07) is 12.0. The molecule has 0 saturated heterocycles. The SMILES string of the molecule is Cc1ccc(C)c(NC(=O)CCc2c(C)nc3ccccn23)c1. The van der Waals surface area contributed by atoms with E-state index < -0.39 is 0 Å². The molecule has 3 rings (SSSR count). The smallest absolute Gasteiger partial charge is 0.224 e. The molecule has 0 atom stereocenters. The number of imidazole rings is 1. The van der Waals surface area contributed by atoms with Crippen LogP contribution in [0.2, 0.25) is 0 Å². The molecule has 0 aliphatic heterocycles. The third kappa shape index (κ3) is 3.26. The van der Waals surface area contributed by atoms with E-state index >= 15 is 0 Å². The number of hydrogen-bond acceptors (Lipinski definition) is 2. The number of amides is 1. The molecule has 1 amide bonds. The number of aryl methyl sites for hydroxylation is 4. The predicted molar refractivity (Wildman–Crippen MR) is 92.8 cm³/mol. The highest BCUT2D eigenvalue weighted by Gasteiger charge is 2.11. The summed E-state index contributed by atoms with van der Waals surface area (Å²) in [6.45, 7) is 6.02. The van der Waals surface area contributed by atoms with Gasteiger partial charge in [-0.15, -0.1) is 0 Å².